The van der Waals surface area contributed by atoms with Crippen molar-refractivity contribution in [3.8, 4) is 0 Å². The normalized spacial score (nSPS) is 23.1. The highest BCUT2D eigenvalue weighted by atomic mass is 16.2. The van der Waals surface area contributed by atoms with Crippen molar-refractivity contribution in [1.82, 2.24) is 14.8 Å². The molecule has 3 rings (SSSR count). The fraction of sp³-hybridized carbons (Fsp3) is 0.588. The molecule has 0 spiro atoms. The Hall–Kier alpha value is -2.51. The molecule has 3 aliphatic heterocycles. The highest BCUT2D eigenvalue weighted by molar-refractivity contribution is 6.23. The van der Waals surface area contributed by atoms with Crippen molar-refractivity contribution in [2.24, 2.45) is 16.0 Å². The van der Waals surface area contributed by atoms with E-state index in [1.807, 2.05) is 16.5 Å². The average Bonchev–Trinajstić information content (AvgIpc) is 2.94. The van der Waals surface area contributed by atoms with E-state index in [9.17, 15) is 9.59 Å². The second kappa shape index (κ2) is 6.42. The van der Waals surface area contributed by atoms with Crippen LogP contribution in [-0.4, -0.2) is 81.6 Å². The first-order valence-corrected chi connectivity index (χ1v) is 8.59. The molecule has 0 bridgehead atoms. The van der Waals surface area contributed by atoms with Crippen LogP contribution in [0.25, 0.3) is 0 Å². The molecule has 8 heteroatoms. The second-order valence-electron chi connectivity index (χ2n) is 7.02. The summed E-state index contributed by atoms with van der Waals surface area (Å²) in [6.07, 6.45) is 2.53. The maximum atomic E-state index is 12.9. The van der Waals surface area contributed by atoms with Gasteiger partial charge in [-0.15, -0.1) is 16.7 Å². The predicted molar refractivity (Wildman–Crippen MR) is 95.7 cm³/mol. The van der Waals surface area contributed by atoms with Crippen LogP contribution in [0.3, 0.4) is 0 Å². The molecule has 8 nitrogen and oxygen atoms in total. The largest absolute Gasteiger partial charge is 0.416 e. The molecule has 1 saturated heterocycles. The SMILES string of the molecule is C=CCN1C(=O)C2C(=NC3=[N+]2CC(C)=NN3CCC(C)C)N(C)C1=O. The Morgan fingerprint density at radius 1 is 1.40 bits per heavy atom. The number of aliphatic imine (C=N–C) groups is 1. The highest BCUT2D eigenvalue weighted by Crippen LogP contribution is 2.23. The van der Waals surface area contributed by atoms with E-state index >= 15 is 0 Å². The molecule has 134 valence electrons. The summed E-state index contributed by atoms with van der Waals surface area (Å²) in [5.74, 6) is 1.41. The Morgan fingerprint density at radius 2 is 2.12 bits per heavy atom. The molecule has 0 N–H and O–H groups in total. The monoisotopic (exact) mass is 345 g/mol. The lowest BCUT2D eigenvalue weighted by Gasteiger charge is -2.33. The van der Waals surface area contributed by atoms with Gasteiger partial charge in [0, 0.05) is 13.6 Å². The van der Waals surface area contributed by atoms with Gasteiger partial charge >= 0.3 is 12.0 Å². The minimum absolute atomic E-state index is 0.194. The zero-order valence-electron chi connectivity index (χ0n) is 15.3. The van der Waals surface area contributed by atoms with Crippen LogP contribution in [0, 0.1) is 5.92 Å². The maximum Gasteiger partial charge on any atom is 0.416 e. The molecular formula is C17H25N6O2+. The van der Waals surface area contributed by atoms with Crippen LogP contribution >= 0.6 is 0 Å². The van der Waals surface area contributed by atoms with E-state index in [0.717, 1.165) is 18.7 Å². The Balaban J connectivity index is 1.96. The van der Waals surface area contributed by atoms with Gasteiger partial charge in [0.05, 0.1) is 12.3 Å². The van der Waals surface area contributed by atoms with Gasteiger partial charge in [-0.25, -0.2) is 9.37 Å². The zero-order chi connectivity index (χ0) is 18.3. The number of hydrazone groups is 1. The third-order valence-electron chi connectivity index (χ3n) is 4.54. The number of imide groups is 1. The van der Waals surface area contributed by atoms with Crippen LogP contribution in [0.15, 0.2) is 22.7 Å². The van der Waals surface area contributed by atoms with Crippen molar-refractivity contribution in [1.29, 1.82) is 0 Å². The summed E-state index contributed by atoms with van der Waals surface area (Å²) in [7, 11) is 1.65. The number of hydrogen-bond acceptors (Lipinski definition) is 5. The van der Waals surface area contributed by atoms with Gasteiger partial charge in [0.2, 0.25) is 11.9 Å². The van der Waals surface area contributed by atoms with Crippen molar-refractivity contribution in [3.63, 3.8) is 0 Å². The van der Waals surface area contributed by atoms with E-state index in [2.05, 4.69) is 30.5 Å². The van der Waals surface area contributed by atoms with Crippen molar-refractivity contribution >= 4 is 29.4 Å². The lowest BCUT2D eigenvalue weighted by Crippen LogP contribution is -2.63. The quantitative estimate of drug-likeness (QED) is 0.550. The topological polar surface area (TPSA) is 71.6 Å². The van der Waals surface area contributed by atoms with Gasteiger partial charge in [-0.1, -0.05) is 24.9 Å². The van der Waals surface area contributed by atoms with Crippen LogP contribution in [0.5, 0.6) is 0 Å². The Labute approximate surface area is 147 Å². The number of carbonyl (C=O) groups excluding carboxylic acids is 2. The summed E-state index contributed by atoms with van der Waals surface area (Å²) in [5, 5.41) is 6.45. The van der Waals surface area contributed by atoms with E-state index in [0.29, 0.717) is 24.3 Å². The van der Waals surface area contributed by atoms with Gasteiger partial charge in [-0.3, -0.25) is 14.6 Å². The maximum absolute atomic E-state index is 12.9. The number of amidine groups is 1. The number of urea groups is 1. The van der Waals surface area contributed by atoms with E-state index < -0.39 is 6.04 Å². The Morgan fingerprint density at radius 3 is 2.76 bits per heavy atom. The molecule has 3 heterocycles. The van der Waals surface area contributed by atoms with Crippen LogP contribution < -0.4 is 0 Å². The first kappa shape index (κ1) is 17.3. The second-order valence-corrected chi connectivity index (χ2v) is 7.02. The van der Waals surface area contributed by atoms with Crippen LogP contribution in [0.4, 0.5) is 4.79 Å². The number of amides is 3. The van der Waals surface area contributed by atoms with E-state index in [4.69, 9.17) is 0 Å². The van der Waals surface area contributed by atoms with Gasteiger partial charge in [0.25, 0.3) is 5.91 Å². The first-order valence-electron chi connectivity index (χ1n) is 8.59. The summed E-state index contributed by atoms with van der Waals surface area (Å²) in [6, 6.07) is -0.948. The van der Waals surface area contributed by atoms with Crippen LogP contribution in [-0.2, 0) is 4.79 Å². The van der Waals surface area contributed by atoms with Gasteiger partial charge in [0.1, 0.15) is 6.54 Å². The molecule has 1 unspecified atom stereocenters. The summed E-state index contributed by atoms with van der Waals surface area (Å²) in [6.45, 7) is 11.4. The zero-order valence-corrected chi connectivity index (χ0v) is 15.3. The van der Waals surface area contributed by atoms with E-state index in [-0.39, 0.29) is 18.5 Å². The molecule has 0 radical (unpaired) electrons. The molecule has 3 aliphatic rings. The third kappa shape index (κ3) is 2.85. The summed E-state index contributed by atoms with van der Waals surface area (Å²) in [5.41, 5.74) is 0.923. The molecule has 0 aromatic heterocycles. The molecular weight excluding hydrogens is 320 g/mol. The third-order valence-corrected chi connectivity index (χ3v) is 4.54. The lowest BCUT2D eigenvalue weighted by atomic mass is 10.1. The van der Waals surface area contributed by atoms with E-state index in [1.54, 1.807) is 13.1 Å². The average molecular weight is 345 g/mol. The smallest absolute Gasteiger partial charge is 0.270 e. The molecule has 0 aliphatic carbocycles. The van der Waals surface area contributed by atoms with Gasteiger partial charge < -0.3 is 0 Å². The summed E-state index contributed by atoms with van der Waals surface area (Å²) < 4.78 is 1.94. The highest BCUT2D eigenvalue weighted by Gasteiger charge is 2.54. The molecule has 25 heavy (non-hydrogen) atoms. The molecule has 1 fully saturated rings. The summed E-state index contributed by atoms with van der Waals surface area (Å²) >= 11 is 0. The number of guanidine groups is 1. The molecule has 0 aromatic carbocycles. The van der Waals surface area contributed by atoms with Crippen molar-refractivity contribution in [2.75, 3.05) is 26.7 Å². The lowest BCUT2D eigenvalue weighted by molar-refractivity contribution is -0.527. The minimum Gasteiger partial charge on any atom is -0.270 e. The fourth-order valence-corrected chi connectivity index (χ4v) is 3.23. The van der Waals surface area contributed by atoms with Crippen molar-refractivity contribution < 1.29 is 14.2 Å². The number of hydrogen-bond donors (Lipinski definition) is 0. The number of carbonyl (C=O) groups is 2. The van der Waals surface area contributed by atoms with Gasteiger partial charge in [-0.05, 0) is 19.3 Å². The van der Waals surface area contributed by atoms with Gasteiger partial charge in [0.15, 0.2) is 0 Å². The fourth-order valence-electron chi connectivity index (χ4n) is 3.23. The molecule has 1 atom stereocenters. The number of nitrogens with zero attached hydrogens (tertiary/aromatic N) is 6. The van der Waals surface area contributed by atoms with Crippen molar-refractivity contribution in [2.45, 2.75) is 33.2 Å². The van der Waals surface area contributed by atoms with Crippen molar-refractivity contribution in [3.05, 3.63) is 12.7 Å². The minimum atomic E-state index is -0.579. The molecule has 0 saturated carbocycles. The summed E-state index contributed by atoms with van der Waals surface area (Å²) in [4.78, 5) is 32.7. The van der Waals surface area contributed by atoms with Crippen LogP contribution in [0.2, 0.25) is 0 Å². The number of fused-ring (bicyclic) bond motifs is 2. The van der Waals surface area contributed by atoms with Gasteiger partial charge in [-0.2, -0.15) is 0 Å². The Bertz CT molecular complexity index is 721. The molecule has 3 amide bonds. The number of rotatable bonds is 5. The Kier molecular flexibility index (Phi) is 4.45. The first-order chi connectivity index (χ1) is 11.8. The number of likely N-dealkylation sites (N-methyl/N-ethyl adjacent to an activating group) is 1. The van der Waals surface area contributed by atoms with E-state index in [1.165, 1.54) is 9.80 Å². The predicted octanol–water partition coefficient (Wildman–Crippen LogP) is 0.953. The standard InChI is InChI=1S/C17H25N6O2/c1-6-8-21-15(24)13-14(20(5)17(21)25)18-16-22(13)10-12(4)19-23(16)9-7-11(2)3/h6,11,13H,1,7-10H2,2-5H3/q+1. The molecule has 0 aromatic rings. The van der Waals surface area contributed by atoms with Crippen LogP contribution in [0.1, 0.15) is 27.2 Å².